The van der Waals surface area contributed by atoms with Crippen molar-refractivity contribution in [3.05, 3.63) is 89.5 Å². The number of alkyl carbamates (subject to hydrolysis) is 1. The summed E-state index contributed by atoms with van der Waals surface area (Å²) in [6.45, 7) is 3.81. The van der Waals surface area contributed by atoms with Gasteiger partial charge in [-0.2, -0.15) is 0 Å². The van der Waals surface area contributed by atoms with Crippen molar-refractivity contribution in [2.45, 2.75) is 32.2 Å². The number of anilines is 1. The Morgan fingerprint density at radius 3 is 2.14 bits per heavy atom. The van der Waals surface area contributed by atoms with Gasteiger partial charge in [0.15, 0.2) is 0 Å². The summed E-state index contributed by atoms with van der Waals surface area (Å²) >= 11 is 0. The van der Waals surface area contributed by atoms with Crippen molar-refractivity contribution in [3.63, 3.8) is 0 Å². The third kappa shape index (κ3) is 5.51. The third-order valence-corrected chi connectivity index (χ3v) is 6.12. The summed E-state index contributed by atoms with van der Waals surface area (Å²) in [6.07, 6.45) is -0.810. The molecular weight excluding hydrogens is 444 g/mol. The summed E-state index contributed by atoms with van der Waals surface area (Å²) in [6, 6.07) is 22.0. The highest BCUT2D eigenvalue weighted by atomic mass is 16.5. The maximum Gasteiger partial charge on any atom is 0.407 e. The average molecular weight is 473 g/mol. The predicted octanol–water partition coefficient (Wildman–Crippen LogP) is 4.82. The standard InChI is InChI=1S/C28H28N2O5/c1-17(2)26(27(33)29-19-9-7-8-18(14-19)15-25(31)32)30-28(34)35-16-24-22-12-5-3-10-20(22)21-11-4-6-13-23(21)24/h3-14,17,24,26H,15-16H2,1-2H3,(H,29,33)(H,30,34)(H,31,32)/t26-/m1/s1. The van der Waals surface area contributed by atoms with Gasteiger partial charge in [0, 0.05) is 11.6 Å². The number of carboxylic acids is 1. The quantitative estimate of drug-likeness (QED) is 0.436. The lowest BCUT2D eigenvalue weighted by Crippen LogP contribution is -2.47. The molecule has 0 unspecified atom stereocenters. The highest BCUT2D eigenvalue weighted by Crippen LogP contribution is 2.44. The number of carbonyl (C=O) groups is 3. The van der Waals surface area contributed by atoms with Crippen LogP contribution in [0.2, 0.25) is 0 Å². The Morgan fingerprint density at radius 1 is 0.914 bits per heavy atom. The molecule has 35 heavy (non-hydrogen) atoms. The lowest BCUT2D eigenvalue weighted by molar-refractivity contribution is -0.136. The first-order valence-corrected chi connectivity index (χ1v) is 11.6. The molecule has 1 aliphatic rings. The number of aliphatic carboxylic acids is 1. The van der Waals surface area contributed by atoms with E-state index in [9.17, 15) is 14.4 Å². The van der Waals surface area contributed by atoms with Crippen molar-refractivity contribution in [3.8, 4) is 11.1 Å². The molecule has 0 heterocycles. The SMILES string of the molecule is CC(C)[C@@H](NC(=O)OCC1c2ccccc2-c2ccccc21)C(=O)Nc1cccc(CC(=O)O)c1. The monoisotopic (exact) mass is 472 g/mol. The molecule has 0 radical (unpaired) electrons. The molecule has 1 atom stereocenters. The fourth-order valence-corrected chi connectivity index (χ4v) is 4.46. The van der Waals surface area contributed by atoms with E-state index in [1.807, 2.05) is 50.2 Å². The zero-order chi connectivity index (χ0) is 24.9. The largest absolute Gasteiger partial charge is 0.481 e. The molecule has 0 fully saturated rings. The van der Waals surface area contributed by atoms with Crippen molar-refractivity contribution < 1.29 is 24.2 Å². The Hall–Kier alpha value is -4.13. The van der Waals surface area contributed by atoms with Crippen LogP contribution in [0.4, 0.5) is 10.5 Å². The van der Waals surface area contributed by atoms with Gasteiger partial charge in [-0.25, -0.2) is 4.79 Å². The van der Waals surface area contributed by atoms with Crippen molar-refractivity contribution >= 4 is 23.7 Å². The number of carbonyl (C=O) groups excluding carboxylic acids is 2. The molecule has 0 aliphatic heterocycles. The first-order valence-electron chi connectivity index (χ1n) is 11.6. The molecule has 0 spiro atoms. The van der Waals surface area contributed by atoms with Gasteiger partial charge >= 0.3 is 12.1 Å². The number of carboxylic acid groups (broad SMARTS) is 1. The Bertz CT molecular complexity index is 1210. The summed E-state index contributed by atoms with van der Waals surface area (Å²) in [7, 11) is 0. The van der Waals surface area contributed by atoms with E-state index in [0.717, 1.165) is 22.3 Å². The number of amides is 2. The zero-order valence-corrected chi connectivity index (χ0v) is 19.7. The van der Waals surface area contributed by atoms with Gasteiger partial charge in [0.2, 0.25) is 5.91 Å². The Morgan fingerprint density at radius 2 is 1.54 bits per heavy atom. The van der Waals surface area contributed by atoms with Crippen molar-refractivity contribution in [1.82, 2.24) is 5.32 Å². The molecule has 4 rings (SSSR count). The normalized spacial score (nSPS) is 13.0. The second-order valence-electron chi connectivity index (χ2n) is 8.95. The second kappa shape index (κ2) is 10.4. The number of hydrogen-bond acceptors (Lipinski definition) is 4. The van der Waals surface area contributed by atoms with Gasteiger partial charge < -0.3 is 20.5 Å². The first kappa shape index (κ1) is 24.0. The summed E-state index contributed by atoms with van der Waals surface area (Å²) < 4.78 is 5.59. The van der Waals surface area contributed by atoms with Gasteiger partial charge in [0.25, 0.3) is 0 Å². The Kier molecular flexibility index (Phi) is 7.15. The fourth-order valence-electron chi connectivity index (χ4n) is 4.46. The first-order chi connectivity index (χ1) is 16.8. The number of ether oxygens (including phenoxy) is 1. The fraction of sp³-hybridized carbons (Fsp3) is 0.250. The minimum absolute atomic E-state index is 0.0727. The number of nitrogens with one attached hydrogen (secondary N) is 2. The smallest absolute Gasteiger partial charge is 0.407 e. The van der Waals surface area contributed by atoms with E-state index in [0.29, 0.717) is 11.3 Å². The minimum atomic E-state index is -0.953. The molecule has 1 aliphatic carbocycles. The molecule has 180 valence electrons. The molecule has 0 saturated carbocycles. The Balaban J connectivity index is 1.40. The number of fused-ring (bicyclic) bond motifs is 3. The third-order valence-electron chi connectivity index (χ3n) is 6.12. The van der Waals surface area contributed by atoms with Gasteiger partial charge in [0.1, 0.15) is 12.6 Å². The molecule has 2 amide bonds. The molecule has 3 N–H and O–H groups in total. The maximum absolute atomic E-state index is 12.9. The van der Waals surface area contributed by atoms with Crippen LogP contribution in [-0.4, -0.2) is 35.7 Å². The van der Waals surface area contributed by atoms with Crippen LogP contribution in [0, 0.1) is 5.92 Å². The topological polar surface area (TPSA) is 105 Å². The number of hydrogen-bond donors (Lipinski definition) is 3. The van der Waals surface area contributed by atoms with Crippen molar-refractivity contribution in [1.29, 1.82) is 0 Å². The molecule has 7 nitrogen and oxygen atoms in total. The number of rotatable bonds is 8. The zero-order valence-electron chi connectivity index (χ0n) is 19.7. The molecule has 0 saturated heterocycles. The van der Waals surface area contributed by atoms with Gasteiger partial charge in [0.05, 0.1) is 6.42 Å². The molecule has 0 aromatic heterocycles. The number of benzene rings is 3. The van der Waals surface area contributed by atoms with Crippen LogP contribution in [0.15, 0.2) is 72.8 Å². The molecular formula is C28H28N2O5. The molecule has 7 heteroatoms. The van der Waals surface area contributed by atoms with E-state index in [2.05, 4.69) is 22.8 Å². The summed E-state index contributed by atoms with van der Waals surface area (Å²) in [5.74, 6) is -1.62. The summed E-state index contributed by atoms with van der Waals surface area (Å²) in [5.41, 5.74) is 5.54. The van der Waals surface area contributed by atoms with E-state index in [1.54, 1.807) is 24.3 Å². The van der Waals surface area contributed by atoms with E-state index in [-0.39, 0.29) is 24.9 Å². The van der Waals surface area contributed by atoms with Crippen LogP contribution in [0.5, 0.6) is 0 Å². The van der Waals surface area contributed by atoms with Crippen LogP contribution in [0.25, 0.3) is 11.1 Å². The van der Waals surface area contributed by atoms with Gasteiger partial charge in [-0.05, 0) is 45.9 Å². The average Bonchev–Trinajstić information content (AvgIpc) is 3.14. The van der Waals surface area contributed by atoms with Crippen LogP contribution in [-0.2, 0) is 20.7 Å². The lowest BCUT2D eigenvalue weighted by Gasteiger charge is -2.22. The lowest BCUT2D eigenvalue weighted by atomic mass is 9.98. The van der Waals surface area contributed by atoms with E-state index in [1.165, 1.54) is 0 Å². The molecule has 0 bridgehead atoms. The van der Waals surface area contributed by atoms with E-state index < -0.39 is 24.0 Å². The van der Waals surface area contributed by atoms with Crippen molar-refractivity contribution in [2.24, 2.45) is 5.92 Å². The van der Waals surface area contributed by atoms with E-state index in [4.69, 9.17) is 9.84 Å². The minimum Gasteiger partial charge on any atom is -0.481 e. The highest BCUT2D eigenvalue weighted by Gasteiger charge is 2.30. The van der Waals surface area contributed by atoms with Crippen molar-refractivity contribution in [2.75, 3.05) is 11.9 Å². The molecule has 3 aromatic carbocycles. The Labute approximate surface area is 204 Å². The van der Waals surface area contributed by atoms with E-state index >= 15 is 0 Å². The summed E-state index contributed by atoms with van der Waals surface area (Å²) in [4.78, 5) is 36.6. The van der Waals surface area contributed by atoms with Gasteiger partial charge in [-0.3, -0.25) is 9.59 Å². The van der Waals surface area contributed by atoms with Crippen LogP contribution < -0.4 is 10.6 Å². The van der Waals surface area contributed by atoms with Crippen LogP contribution in [0.3, 0.4) is 0 Å². The summed E-state index contributed by atoms with van der Waals surface area (Å²) in [5, 5.41) is 14.4. The van der Waals surface area contributed by atoms with Crippen LogP contribution in [0.1, 0.15) is 36.5 Å². The maximum atomic E-state index is 12.9. The van der Waals surface area contributed by atoms with Gasteiger partial charge in [-0.1, -0.05) is 74.5 Å². The second-order valence-corrected chi connectivity index (χ2v) is 8.95. The highest BCUT2D eigenvalue weighted by molar-refractivity contribution is 5.97. The molecule has 3 aromatic rings. The predicted molar refractivity (Wildman–Crippen MR) is 133 cm³/mol. The van der Waals surface area contributed by atoms with Gasteiger partial charge in [-0.15, -0.1) is 0 Å². The van der Waals surface area contributed by atoms with Crippen LogP contribution >= 0.6 is 0 Å².